The van der Waals surface area contributed by atoms with E-state index in [2.05, 4.69) is 14.8 Å². The number of para-hydroxylation sites is 1. The number of aryl methyl sites for hydroxylation is 1. The summed E-state index contributed by atoms with van der Waals surface area (Å²) in [5, 5.41) is 4.42. The monoisotopic (exact) mass is 362 g/mol. The lowest BCUT2D eigenvalue weighted by molar-refractivity contribution is 0.600. The lowest BCUT2D eigenvalue weighted by Crippen LogP contribution is -2.16. The molecule has 0 aliphatic rings. The normalized spacial score (nSPS) is 11.4. The van der Waals surface area contributed by atoms with E-state index in [-0.39, 0.29) is 4.90 Å². The van der Waals surface area contributed by atoms with Crippen molar-refractivity contribution in [1.82, 2.24) is 14.8 Å². The number of nitrogens with zero attached hydrogens (tertiary/aromatic N) is 3. The van der Waals surface area contributed by atoms with Crippen LogP contribution in [0.1, 0.15) is 11.1 Å². The van der Waals surface area contributed by atoms with E-state index >= 15 is 0 Å². The lowest BCUT2D eigenvalue weighted by atomic mass is 10.2. The molecule has 0 aliphatic heterocycles. The second-order valence-electron chi connectivity index (χ2n) is 5.27. The largest absolute Gasteiger partial charge is 0.279 e. The molecule has 124 valence electrons. The van der Waals surface area contributed by atoms with Crippen molar-refractivity contribution in [2.24, 2.45) is 0 Å². The Labute approximate surface area is 145 Å². The maximum atomic E-state index is 12.7. The molecule has 0 saturated carbocycles. The van der Waals surface area contributed by atoms with Crippen LogP contribution >= 0.6 is 11.6 Å². The van der Waals surface area contributed by atoms with E-state index in [1.54, 1.807) is 42.2 Å². The van der Waals surface area contributed by atoms with Gasteiger partial charge in [0.1, 0.15) is 12.7 Å². The number of hydrogen-bond donors (Lipinski definition) is 1. The molecule has 24 heavy (non-hydrogen) atoms. The molecular weight excluding hydrogens is 348 g/mol. The summed E-state index contributed by atoms with van der Waals surface area (Å²) in [6.07, 6.45) is 3.01. The fourth-order valence-electron chi connectivity index (χ4n) is 2.31. The highest BCUT2D eigenvalue weighted by molar-refractivity contribution is 7.92. The van der Waals surface area contributed by atoms with E-state index < -0.39 is 10.0 Å². The molecule has 1 aromatic heterocycles. The summed E-state index contributed by atoms with van der Waals surface area (Å²) >= 11 is 5.94. The fourth-order valence-corrected chi connectivity index (χ4v) is 3.92. The van der Waals surface area contributed by atoms with Crippen LogP contribution in [0.4, 0.5) is 5.69 Å². The van der Waals surface area contributed by atoms with Crippen LogP contribution in [0, 0.1) is 6.92 Å². The van der Waals surface area contributed by atoms with Gasteiger partial charge in [0.05, 0.1) is 17.1 Å². The van der Waals surface area contributed by atoms with Gasteiger partial charge >= 0.3 is 0 Å². The van der Waals surface area contributed by atoms with Crippen molar-refractivity contribution in [2.75, 3.05) is 4.72 Å². The average Bonchev–Trinajstić information content (AvgIpc) is 3.04. The summed E-state index contributed by atoms with van der Waals surface area (Å²) in [4.78, 5) is 4.05. The Morgan fingerprint density at radius 3 is 2.75 bits per heavy atom. The molecule has 0 fully saturated rings. The Morgan fingerprint density at radius 2 is 2.00 bits per heavy atom. The molecule has 3 aromatic rings. The third-order valence-corrected chi connectivity index (χ3v) is 5.24. The summed E-state index contributed by atoms with van der Waals surface area (Å²) in [7, 11) is -3.75. The number of sulfonamides is 1. The SMILES string of the molecule is Cc1ccc(Cl)cc1S(=O)(=O)Nc1ccccc1Cn1cncn1. The molecule has 0 unspecified atom stereocenters. The smallest absolute Gasteiger partial charge is 0.262 e. The first kappa shape index (κ1) is 16.5. The van der Waals surface area contributed by atoms with E-state index in [1.807, 2.05) is 12.1 Å². The standard InChI is InChI=1S/C16H15ClN4O2S/c1-12-6-7-14(17)8-16(12)24(22,23)20-15-5-3-2-4-13(15)9-21-11-18-10-19-21/h2-8,10-11,20H,9H2,1H3. The minimum absolute atomic E-state index is 0.158. The van der Waals surface area contributed by atoms with Crippen molar-refractivity contribution in [1.29, 1.82) is 0 Å². The van der Waals surface area contributed by atoms with Gasteiger partial charge in [0.15, 0.2) is 0 Å². The van der Waals surface area contributed by atoms with E-state index in [0.29, 0.717) is 22.8 Å². The minimum Gasteiger partial charge on any atom is -0.279 e. The molecular formula is C16H15ClN4O2S. The predicted molar refractivity (Wildman–Crippen MR) is 92.6 cm³/mol. The molecule has 8 heteroatoms. The molecule has 0 amide bonds. The molecule has 1 heterocycles. The number of benzene rings is 2. The first-order chi connectivity index (χ1) is 11.5. The molecule has 0 radical (unpaired) electrons. The van der Waals surface area contributed by atoms with E-state index in [0.717, 1.165) is 5.56 Å². The van der Waals surface area contributed by atoms with Gasteiger partial charge in [0.25, 0.3) is 10.0 Å². The van der Waals surface area contributed by atoms with Gasteiger partial charge in [-0.15, -0.1) is 0 Å². The molecule has 3 rings (SSSR count). The summed E-state index contributed by atoms with van der Waals surface area (Å²) in [5.74, 6) is 0. The zero-order chi connectivity index (χ0) is 17.2. The number of nitrogens with one attached hydrogen (secondary N) is 1. The van der Waals surface area contributed by atoms with E-state index in [9.17, 15) is 8.42 Å². The van der Waals surface area contributed by atoms with Crippen LogP contribution in [0.5, 0.6) is 0 Å². The van der Waals surface area contributed by atoms with Crippen LogP contribution in [0.15, 0.2) is 60.0 Å². The van der Waals surface area contributed by atoms with Crippen LogP contribution in [-0.2, 0) is 16.6 Å². The number of aromatic nitrogens is 3. The number of hydrogen-bond acceptors (Lipinski definition) is 4. The average molecular weight is 363 g/mol. The molecule has 0 atom stereocenters. The second-order valence-corrected chi connectivity index (χ2v) is 7.35. The minimum atomic E-state index is -3.75. The summed E-state index contributed by atoms with van der Waals surface area (Å²) in [6, 6.07) is 11.9. The number of rotatable bonds is 5. The maximum Gasteiger partial charge on any atom is 0.262 e. The van der Waals surface area contributed by atoms with E-state index in [4.69, 9.17) is 11.6 Å². The highest BCUT2D eigenvalue weighted by Gasteiger charge is 2.19. The summed E-state index contributed by atoms with van der Waals surface area (Å²) in [5.41, 5.74) is 1.90. The molecule has 0 aliphatic carbocycles. The van der Waals surface area contributed by atoms with Gasteiger partial charge in [-0.2, -0.15) is 5.10 Å². The highest BCUT2D eigenvalue weighted by Crippen LogP contribution is 2.24. The predicted octanol–water partition coefficient (Wildman–Crippen LogP) is 3.09. The first-order valence-electron chi connectivity index (χ1n) is 7.15. The van der Waals surface area contributed by atoms with Crippen LogP contribution in [0.25, 0.3) is 0 Å². The van der Waals surface area contributed by atoms with Gasteiger partial charge in [0.2, 0.25) is 0 Å². The zero-order valence-electron chi connectivity index (χ0n) is 12.8. The second kappa shape index (κ2) is 6.62. The lowest BCUT2D eigenvalue weighted by Gasteiger charge is -2.14. The van der Waals surface area contributed by atoms with Crippen molar-refractivity contribution in [2.45, 2.75) is 18.4 Å². The highest BCUT2D eigenvalue weighted by atomic mass is 35.5. The Balaban J connectivity index is 1.94. The zero-order valence-corrected chi connectivity index (χ0v) is 14.4. The van der Waals surface area contributed by atoms with E-state index in [1.165, 1.54) is 12.4 Å². The molecule has 0 bridgehead atoms. The van der Waals surface area contributed by atoms with Crippen molar-refractivity contribution >= 4 is 27.3 Å². The molecule has 0 spiro atoms. The third-order valence-electron chi connectivity index (χ3n) is 3.50. The molecule has 1 N–H and O–H groups in total. The Hall–Kier alpha value is -2.38. The van der Waals surface area contributed by atoms with Gasteiger partial charge in [-0.25, -0.2) is 18.1 Å². The summed E-state index contributed by atoms with van der Waals surface area (Å²) < 4.78 is 29.7. The third kappa shape index (κ3) is 3.58. The van der Waals surface area contributed by atoms with Crippen LogP contribution < -0.4 is 4.72 Å². The summed E-state index contributed by atoms with van der Waals surface area (Å²) in [6.45, 7) is 2.14. The van der Waals surface area contributed by atoms with Crippen molar-refractivity contribution in [3.8, 4) is 0 Å². The van der Waals surface area contributed by atoms with Gasteiger partial charge in [-0.1, -0.05) is 35.9 Å². The van der Waals surface area contributed by atoms with Crippen LogP contribution in [0.2, 0.25) is 5.02 Å². The Bertz CT molecular complexity index is 956. The van der Waals surface area contributed by atoms with Gasteiger partial charge in [0, 0.05) is 5.02 Å². The molecule has 2 aromatic carbocycles. The Morgan fingerprint density at radius 1 is 1.21 bits per heavy atom. The van der Waals surface area contributed by atoms with Crippen molar-refractivity contribution in [3.05, 3.63) is 71.3 Å². The van der Waals surface area contributed by atoms with Crippen molar-refractivity contribution in [3.63, 3.8) is 0 Å². The molecule has 6 nitrogen and oxygen atoms in total. The quantitative estimate of drug-likeness (QED) is 0.756. The van der Waals surface area contributed by atoms with Gasteiger partial charge < -0.3 is 0 Å². The maximum absolute atomic E-state index is 12.7. The van der Waals surface area contributed by atoms with Crippen molar-refractivity contribution < 1.29 is 8.42 Å². The molecule has 0 saturated heterocycles. The van der Waals surface area contributed by atoms with Gasteiger partial charge in [-0.3, -0.25) is 4.72 Å². The van der Waals surface area contributed by atoms with Crippen LogP contribution in [-0.4, -0.2) is 23.2 Å². The number of anilines is 1. The number of halogens is 1. The fraction of sp³-hybridized carbons (Fsp3) is 0.125. The topological polar surface area (TPSA) is 76.9 Å². The van der Waals surface area contributed by atoms with Crippen LogP contribution in [0.3, 0.4) is 0 Å². The van der Waals surface area contributed by atoms with Gasteiger partial charge in [-0.05, 0) is 36.2 Å². The Kier molecular flexibility index (Phi) is 4.55. The first-order valence-corrected chi connectivity index (χ1v) is 9.01.